The van der Waals surface area contributed by atoms with E-state index in [1.807, 2.05) is 0 Å². The Hall–Kier alpha value is -5.18. The molecule has 3 N–H and O–H groups in total. The Labute approximate surface area is 282 Å². The van der Waals surface area contributed by atoms with Crippen LogP contribution in [-0.2, 0) is 30.6 Å². The number of rotatable bonds is 10. The van der Waals surface area contributed by atoms with E-state index in [0.29, 0.717) is 10.9 Å². The van der Waals surface area contributed by atoms with Gasteiger partial charge in [-0.25, -0.2) is 17.8 Å². The molecular weight excluding hydrogens is 658 g/mol. The van der Waals surface area contributed by atoms with E-state index < -0.39 is 70.3 Å². The number of ether oxygens (including phenoxy) is 1. The Balaban J connectivity index is 1.58. The molecule has 0 aliphatic rings. The number of hydrogen-bond acceptors (Lipinski definition) is 7. The number of alkyl halides is 1. The smallest absolute Gasteiger partial charge is 0.442 e. The number of fused-ring (bicyclic) bond motifs is 1. The fourth-order valence-electron chi connectivity index (χ4n) is 5.00. The van der Waals surface area contributed by atoms with Crippen molar-refractivity contribution in [3.05, 3.63) is 78.2 Å². The van der Waals surface area contributed by atoms with E-state index in [1.54, 1.807) is 51.1 Å². The molecule has 1 unspecified atom stereocenters. The Bertz CT molecular complexity index is 2050. The van der Waals surface area contributed by atoms with Crippen LogP contribution in [0.3, 0.4) is 0 Å². The molecule has 1 heterocycles. The van der Waals surface area contributed by atoms with Crippen LogP contribution in [0.25, 0.3) is 22.0 Å². The standard InChI is InChI=1S/C34H38F2N6O6S/c1-20(35)18-41(28(43)19-42-27-16-8-7-13-25(27)30(39-42)31(37)44)21(2)32(45)38-26-15-10-14-24(29(26)36)22-11-9-12-23(17-22)49(6,47)40-33(46)48-34(3,4)5/h7-17,20-21H,18-19H2,1-6H3,(H2,37,44)(H,38,45)/t20-,21+,49?/m1/s1. The first-order valence-electron chi connectivity index (χ1n) is 15.2. The fraction of sp³-hybridized carbons (Fsp3) is 0.324. The summed E-state index contributed by atoms with van der Waals surface area (Å²) in [6.45, 7) is 6.67. The number of halogens is 2. The highest BCUT2D eigenvalue weighted by atomic mass is 32.2. The Morgan fingerprint density at radius 3 is 2.39 bits per heavy atom. The summed E-state index contributed by atoms with van der Waals surface area (Å²) in [5.41, 5.74) is 5.12. The van der Waals surface area contributed by atoms with E-state index in [4.69, 9.17) is 10.5 Å². The summed E-state index contributed by atoms with van der Waals surface area (Å²) >= 11 is 0. The number of nitrogens with one attached hydrogen (secondary N) is 1. The zero-order valence-electron chi connectivity index (χ0n) is 27.9. The molecule has 4 rings (SSSR count). The lowest BCUT2D eigenvalue weighted by molar-refractivity contribution is -0.139. The first-order valence-corrected chi connectivity index (χ1v) is 17.1. The van der Waals surface area contributed by atoms with Gasteiger partial charge in [-0.15, -0.1) is 4.36 Å². The molecule has 49 heavy (non-hydrogen) atoms. The average molecular weight is 697 g/mol. The lowest BCUT2D eigenvalue weighted by atomic mass is 10.0. The predicted octanol–water partition coefficient (Wildman–Crippen LogP) is 5.55. The molecule has 3 aromatic carbocycles. The summed E-state index contributed by atoms with van der Waals surface area (Å²) in [5, 5.41) is 7.08. The van der Waals surface area contributed by atoms with Crippen molar-refractivity contribution in [2.45, 2.75) is 63.9 Å². The molecule has 1 aromatic heterocycles. The maximum absolute atomic E-state index is 15.9. The molecule has 4 aromatic rings. The zero-order valence-corrected chi connectivity index (χ0v) is 28.7. The van der Waals surface area contributed by atoms with Crippen molar-refractivity contribution in [1.29, 1.82) is 0 Å². The number of benzene rings is 3. The fourth-order valence-corrected chi connectivity index (χ4v) is 6.10. The molecule has 0 aliphatic heterocycles. The largest absolute Gasteiger partial charge is 0.442 e. The number of aromatic nitrogens is 2. The topological polar surface area (TPSA) is 166 Å². The molecule has 3 atom stereocenters. The Morgan fingerprint density at radius 2 is 1.73 bits per heavy atom. The summed E-state index contributed by atoms with van der Waals surface area (Å²) in [6.07, 6.45) is -1.25. The Morgan fingerprint density at radius 1 is 1.06 bits per heavy atom. The van der Waals surface area contributed by atoms with Gasteiger partial charge in [-0.3, -0.25) is 19.1 Å². The number of nitrogens with two attached hydrogens (primary N) is 1. The van der Waals surface area contributed by atoms with E-state index in [9.17, 15) is 27.8 Å². The third kappa shape index (κ3) is 8.84. The van der Waals surface area contributed by atoms with Crippen molar-refractivity contribution in [2.24, 2.45) is 10.1 Å². The zero-order chi connectivity index (χ0) is 36.3. The lowest BCUT2D eigenvalue weighted by Gasteiger charge is -2.29. The average Bonchev–Trinajstić information content (AvgIpc) is 3.37. The summed E-state index contributed by atoms with van der Waals surface area (Å²) in [5.74, 6) is -3.10. The second-order valence-corrected chi connectivity index (χ2v) is 14.7. The minimum atomic E-state index is -3.27. The van der Waals surface area contributed by atoms with Gasteiger partial charge in [-0.1, -0.05) is 42.5 Å². The number of primary amides is 1. The minimum absolute atomic E-state index is 0.0424. The number of nitrogens with zero attached hydrogens (tertiary/aromatic N) is 4. The quantitative estimate of drug-likeness (QED) is 0.219. The highest BCUT2D eigenvalue weighted by Gasteiger charge is 2.29. The van der Waals surface area contributed by atoms with E-state index in [-0.39, 0.29) is 27.4 Å². The normalized spacial score (nSPS) is 14.0. The number of hydrogen-bond donors (Lipinski definition) is 2. The van der Waals surface area contributed by atoms with Gasteiger partial charge in [0, 0.05) is 22.1 Å². The van der Waals surface area contributed by atoms with Gasteiger partial charge in [0.1, 0.15) is 24.4 Å². The van der Waals surface area contributed by atoms with Crippen LogP contribution < -0.4 is 11.1 Å². The first kappa shape index (κ1) is 36.7. The van der Waals surface area contributed by atoms with Crippen LogP contribution in [0.5, 0.6) is 0 Å². The molecule has 0 fully saturated rings. The van der Waals surface area contributed by atoms with Crippen molar-refractivity contribution < 1.29 is 36.9 Å². The van der Waals surface area contributed by atoms with Crippen molar-refractivity contribution in [1.82, 2.24) is 14.7 Å². The molecule has 0 saturated carbocycles. The monoisotopic (exact) mass is 696 g/mol. The maximum atomic E-state index is 15.9. The van der Waals surface area contributed by atoms with Gasteiger partial charge in [-0.05, 0) is 64.4 Å². The van der Waals surface area contributed by atoms with E-state index >= 15 is 4.39 Å². The summed E-state index contributed by atoms with van der Waals surface area (Å²) in [4.78, 5) is 52.2. The van der Waals surface area contributed by atoms with Gasteiger partial charge >= 0.3 is 6.09 Å². The number of para-hydroxylation sites is 1. The number of carbonyl (C=O) groups excluding carboxylic acids is 4. The molecule has 12 nitrogen and oxygen atoms in total. The van der Waals surface area contributed by atoms with Crippen LogP contribution in [0, 0.1) is 5.82 Å². The molecule has 260 valence electrons. The Kier molecular flexibility index (Phi) is 10.9. The second kappa shape index (κ2) is 14.5. The van der Waals surface area contributed by atoms with Gasteiger partial charge in [0.25, 0.3) is 5.91 Å². The predicted molar refractivity (Wildman–Crippen MR) is 181 cm³/mol. The minimum Gasteiger partial charge on any atom is -0.442 e. The van der Waals surface area contributed by atoms with E-state index in [0.717, 1.165) is 4.90 Å². The van der Waals surface area contributed by atoms with Gasteiger partial charge in [0.2, 0.25) is 11.8 Å². The van der Waals surface area contributed by atoms with Crippen LogP contribution in [0.15, 0.2) is 76.0 Å². The first-order chi connectivity index (χ1) is 22.9. The summed E-state index contributed by atoms with van der Waals surface area (Å²) in [6, 6.07) is 15.6. The van der Waals surface area contributed by atoms with Gasteiger partial charge in [0.05, 0.1) is 27.5 Å². The maximum Gasteiger partial charge on any atom is 0.442 e. The molecule has 15 heteroatoms. The molecule has 4 amide bonds. The molecular formula is C34H38F2N6O6S. The third-order valence-electron chi connectivity index (χ3n) is 7.27. The molecule has 0 spiro atoms. The van der Waals surface area contributed by atoms with Crippen LogP contribution in [0.1, 0.15) is 45.1 Å². The highest BCUT2D eigenvalue weighted by Crippen LogP contribution is 2.30. The number of carbonyl (C=O) groups is 4. The van der Waals surface area contributed by atoms with Gasteiger partial charge in [-0.2, -0.15) is 5.10 Å². The summed E-state index contributed by atoms with van der Waals surface area (Å²) < 4.78 is 53.7. The van der Waals surface area contributed by atoms with Crippen LogP contribution in [0.4, 0.5) is 19.3 Å². The molecule has 0 bridgehead atoms. The van der Waals surface area contributed by atoms with Gasteiger partial charge < -0.3 is 20.7 Å². The van der Waals surface area contributed by atoms with Crippen LogP contribution >= 0.6 is 0 Å². The van der Waals surface area contributed by atoms with Crippen molar-refractivity contribution in [3.8, 4) is 11.1 Å². The SMILES string of the molecule is C[C@@H](F)CN(C(=O)Cn1nc(C(N)=O)c2ccccc21)[C@@H](C)C(=O)Nc1cccc(-c2cccc(S(C)(=O)=NC(=O)OC(C)(C)C)c2)c1F. The number of amides is 4. The summed E-state index contributed by atoms with van der Waals surface area (Å²) in [7, 11) is -3.27. The second-order valence-electron chi connectivity index (χ2n) is 12.4. The van der Waals surface area contributed by atoms with Crippen molar-refractivity contribution in [3.63, 3.8) is 0 Å². The third-order valence-corrected chi connectivity index (χ3v) is 8.90. The highest BCUT2D eigenvalue weighted by molar-refractivity contribution is 7.93. The van der Waals surface area contributed by atoms with Crippen molar-refractivity contribution in [2.75, 3.05) is 18.1 Å². The molecule has 0 radical (unpaired) electrons. The van der Waals surface area contributed by atoms with Crippen LogP contribution in [-0.4, -0.2) is 73.3 Å². The van der Waals surface area contributed by atoms with Crippen molar-refractivity contribution >= 4 is 50.1 Å². The van der Waals surface area contributed by atoms with Crippen LogP contribution in [0.2, 0.25) is 0 Å². The molecule has 0 saturated heterocycles. The number of anilines is 1. The van der Waals surface area contributed by atoms with Gasteiger partial charge in [0.15, 0.2) is 11.5 Å². The lowest BCUT2D eigenvalue weighted by Crippen LogP contribution is -2.49. The molecule has 0 aliphatic carbocycles. The van der Waals surface area contributed by atoms with E-state index in [1.165, 1.54) is 61.2 Å². The van der Waals surface area contributed by atoms with E-state index in [2.05, 4.69) is 14.8 Å².